The Balaban J connectivity index is 1.72. The van der Waals surface area contributed by atoms with Crippen LogP contribution in [0.3, 0.4) is 0 Å². The third kappa shape index (κ3) is 7.24. The predicted octanol–water partition coefficient (Wildman–Crippen LogP) is 7.97. The Kier molecular flexibility index (Phi) is 9.03. The lowest BCUT2D eigenvalue weighted by Crippen LogP contribution is -2.50. The van der Waals surface area contributed by atoms with Crippen molar-refractivity contribution in [3.63, 3.8) is 0 Å². The molecule has 0 bridgehead atoms. The van der Waals surface area contributed by atoms with Crippen LogP contribution < -0.4 is 10.5 Å². The third-order valence-electron chi connectivity index (χ3n) is 8.88. The van der Waals surface area contributed by atoms with Gasteiger partial charge in [-0.15, -0.1) is 0 Å². The first-order valence-electron chi connectivity index (χ1n) is 14.4. The largest absolute Gasteiger partial charge is 0.490 e. The van der Waals surface area contributed by atoms with E-state index in [2.05, 4.69) is 0 Å². The van der Waals surface area contributed by atoms with Gasteiger partial charge in [0.05, 0.1) is 6.10 Å². The van der Waals surface area contributed by atoms with E-state index in [0.29, 0.717) is 18.3 Å². The normalized spacial score (nSPS) is 20.7. The van der Waals surface area contributed by atoms with Crippen LogP contribution in [0.15, 0.2) is 30.3 Å². The number of carbonyl (C=O) groups excluding carboxylic acids is 1. The van der Waals surface area contributed by atoms with Gasteiger partial charge in [0.25, 0.3) is 0 Å². The van der Waals surface area contributed by atoms with Crippen LogP contribution in [-0.2, 0) is 25.6 Å². The Morgan fingerprint density at radius 1 is 1.00 bits per heavy atom. The summed E-state index contributed by atoms with van der Waals surface area (Å²) in [5, 5.41) is 0.0491. The summed E-state index contributed by atoms with van der Waals surface area (Å²) in [6.07, 6.45) is 1.66. The smallest absolute Gasteiger partial charge is 0.470 e. The van der Waals surface area contributed by atoms with Gasteiger partial charge in [0.15, 0.2) is 5.60 Å². The van der Waals surface area contributed by atoms with Gasteiger partial charge in [0.1, 0.15) is 17.4 Å². The highest BCUT2D eigenvalue weighted by atomic mass is 31.2. The minimum atomic E-state index is -5.09. The van der Waals surface area contributed by atoms with E-state index in [1.165, 1.54) is 69.4 Å². The number of nitrogens with two attached hydrogens (primary N) is 1. The molecule has 12 heteroatoms. The molecule has 0 heterocycles. The molecule has 8 nitrogen and oxygen atoms in total. The maximum atomic E-state index is 14.5. The molecule has 0 aliphatic heterocycles. The van der Waals surface area contributed by atoms with Gasteiger partial charge in [-0.1, -0.05) is 58.2 Å². The minimum Gasteiger partial charge on any atom is -0.490 e. The first kappa shape index (κ1) is 32.6. The van der Waals surface area contributed by atoms with Crippen LogP contribution in [0, 0.1) is 10.8 Å². The third-order valence-corrected chi connectivity index (χ3v) is 9.37. The molecule has 1 spiro atoms. The number of carbonyl (C=O) groups is 1. The van der Waals surface area contributed by atoms with Gasteiger partial charge in [-0.05, 0) is 84.7 Å². The molecule has 0 radical (unpaired) electrons. The van der Waals surface area contributed by atoms with E-state index in [4.69, 9.17) is 19.7 Å². The molecular formula is C30H41F3NO7P. The molecule has 0 aromatic heterocycles. The number of phosphoric acid groups is 1. The number of hydrogen-bond acceptors (Lipinski definition) is 5. The van der Waals surface area contributed by atoms with E-state index in [0.717, 1.165) is 12.8 Å². The van der Waals surface area contributed by atoms with Crippen molar-refractivity contribution >= 4 is 24.7 Å². The van der Waals surface area contributed by atoms with E-state index in [9.17, 15) is 32.3 Å². The lowest BCUT2D eigenvalue weighted by molar-refractivity contribution is -0.138. The molecule has 2 saturated carbocycles. The lowest BCUT2D eigenvalue weighted by Gasteiger charge is -2.43. The number of benzene rings is 2. The molecule has 4 N–H and O–H groups in total. The first-order valence-corrected chi connectivity index (χ1v) is 15.9. The van der Waals surface area contributed by atoms with Crippen LogP contribution in [-0.4, -0.2) is 28.1 Å². The highest BCUT2D eigenvalue weighted by Crippen LogP contribution is 2.51. The lowest BCUT2D eigenvalue weighted by atomic mass is 9.65. The van der Waals surface area contributed by atoms with Gasteiger partial charge >= 0.3 is 20.1 Å². The van der Waals surface area contributed by atoms with Gasteiger partial charge in [0, 0.05) is 0 Å². The minimum absolute atomic E-state index is 0.118. The van der Waals surface area contributed by atoms with Gasteiger partial charge in [0.2, 0.25) is 0 Å². The van der Waals surface area contributed by atoms with Gasteiger partial charge < -0.3 is 25.0 Å². The van der Waals surface area contributed by atoms with Crippen molar-refractivity contribution in [3.05, 3.63) is 41.5 Å². The number of hydrogen-bond donors (Lipinski definition) is 3. The van der Waals surface area contributed by atoms with E-state index in [1.54, 1.807) is 20.8 Å². The summed E-state index contributed by atoms with van der Waals surface area (Å²) in [4.78, 5) is 31.2. The van der Waals surface area contributed by atoms with Crippen molar-refractivity contribution in [2.75, 3.05) is 0 Å². The monoisotopic (exact) mass is 615 g/mol. The second-order valence-corrected chi connectivity index (χ2v) is 14.3. The Morgan fingerprint density at radius 2 is 1.62 bits per heavy atom. The van der Waals surface area contributed by atoms with Crippen LogP contribution in [0.1, 0.15) is 96.6 Å². The van der Waals surface area contributed by atoms with Crippen LogP contribution in [0.2, 0.25) is 0 Å². The molecule has 2 aliphatic rings. The molecule has 1 unspecified atom stereocenters. The van der Waals surface area contributed by atoms with Crippen LogP contribution >= 0.6 is 7.82 Å². The second-order valence-electron chi connectivity index (χ2n) is 13.1. The van der Waals surface area contributed by atoms with E-state index in [1.807, 2.05) is 0 Å². The standard InChI is InChI=1S/C30H41F3NO7P/c1-27(2,3)25(41-42(36,37)38)28(4,40-26(34)35)20-9-10-22-19(18-20)8-11-23(24(22)30(31,32)33)39-21-12-16-29(17-13-21)14-6-5-7-15-29/h8-11,18,21,25H,5-7,12-17H2,1-4H3,(H2,34,35)(H2,36,37,38)/t25?,28-/m1/s1. The molecule has 234 valence electrons. The SMILES string of the molecule is CC(C)(C)C(OP(=O)(O)O)[C@](C)(OC(N)=O)c1ccc2c(C(F)(F)F)c(OC3CCC4(CCCCC4)CC3)ccc2c1. The van der Waals surface area contributed by atoms with Crippen molar-refractivity contribution in [2.24, 2.45) is 16.6 Å². The number of amides is 1. The number of rotatable bonds is 7. The maximum Gasteiger partial charge on any atom is 0.470 e. The van der Waals surface area contributed by atoms with Crippen molar-refractivity contribution < 1.29 is 46.3 Å². The van der Waals surface area contributed by atoms with E-state index < -0.39 is 42.8 Å². The Labute approximate surface area is 244 Å². The number of fused-ring (bicyclic) bond motifs is 1. The molecule has 2 aromatic carbocycles. The first-order chi connectivity index (χ1) is 19.3. The number of alkyl halides is 3. The zero-order valence-corrected chi connectivity index (χ0v) is 25.4. The quantitative estimate of drug-likeness (QED) is 0.270. The number of primary amides is 1. The zero-order valence-electron chi connectivity index (χ0n) is 24.5. The predicted molar refractivity (Wildman–Crippen MR) is 152 cm³/mol. The van der Waals surface area contributed by atoms with Crippen LogP contribution in [0.4, 0.5) is 18.0 Å². The summed E-state index contributed by atoms with van der Waals surface area (Å²) in [6.45, 7) is 6.20. The zero-order chi connectivity index (χ0) is 31.1. The second kappa shape index (κ2) is 11.6. The molecule has 0 saturated heterocycles. The molecule has 2 aliphatic carbocycles. The topological polar surface area (TPSA) is 128 Å². The Morgan fingerprint density at radius 3 is 2.14 bits per heavy atom. The number of halogens is 3. The van der Waals surface area contributed by atoms with E-state index >= 15 is 0 Å². The highest BCUT2D eigenvalue weighted by molar-refractivity contribution is 7.46. The fourth-order valence-electron chi connectivity index (χ4n) is 7.01. The van der Waals surface area contributed by atoms with Crippen LogP contribution in [0.5, 0.6) is 5.75 Å². The average molecular weight is 616 g/mol. The summed E-state index contributed by atoms with van der Waals surface area (Å²) >= 11 is 0. The van der Waals surface area contributed by atoms with Gasteiger partial charge in [-0.3, -0.25) is 4.52 Å². The highest BCUT2D eigenvalue weighted by Gasteiger charge is 2.50. The average Bonchev–Trinajstić information content (AvgIpc) is 2.86. The summed E-state index contributed by atoms with van der Waals surface area (Å²) in [5.74, 6) is -0.235. The van der Waals surface area contributed by atoms with Crippen molar-refractivity contribution in [3.8, 4) is 5.75 Å². The van der Waals surface area contributed by atoms with Crippen molar-refractivity contribution in [1.29, 1.82) is 0 Å². The molecular weight excluding hydrogens is 574 g/mol. The Hall–Kier alpha value is -2.33. The van der Waals surface area contributed by atoms with Crippen molar-refractivity contribution in [2.45, 2.75) is 109 Å². The summed E-state index contributed by atoms with van der Waals surface area (Å²) in [7, 11) is -5.09. The molecule has 2 aromatic rings. The van der Waals surface area contributed by atoms with Gasteiger partial charge in [-0.25, -0.2) is 9.36 Å². The fourth-order valence-corrected chi connectivity index (χ4v) is 7.80. The Bertz CT molecular complexity index is 1340. The number of ether oxygens (including phenoxy) is 2. The maximum absolute atomic E-state index is 14.5. The summed E-state index contributed by atoms with van der Waals surface area (Å²) in [6, 6.07) is 6.75. The fraction of sp³-hybridized carbons (Fsp3) is 0.633. The molecule has 4 rings (SSSR count). The van der Waals surface area contributed by atoms with Crippen molar-refractivity contribution in [1.82, 2.24) is 0 Å². The molecule has 2 atom stereocenters. The molecule has 42 heavy (non-hydrogen) atoms. The summed E-state index contributed by atoms with van der Waals surface area (Å²) < 4.78 is 72.0. The van der Waals surface area contributed by atoms with Crippen LogP contribution in [0.25, 0.3) is 10.8 Å². The summed E-state index contributed by atoms with van der Waals surface area (Å²) in [5.41, 5.74) is 2.00. The number of phosphoric ester groups is 1. The molecule has 1 amide bonds. The van der Waals surface area contributed by atoms with Gasteiger partial charge in [-0.2, -0.15) is 13.2 Å². The molecule has 2 fully saturated rings. The van der Waals surface area contributed by atoms with E-state index in [-0.39, 0.29) is 28.2 Å².